The second-order valence-electron chi connectivity index (χ2n) is 9.87. The van der Waals surface area contributed by atoms with Gasteiger partial charge in [0.15, 0.2) is 0 Å². The van der Waals surface area contributed by atoms with Crippen molar-refractivity contribution in [1.29, 1.82) is 0 Å². The van der Waals surface area contributed by atoms with E-state index >= 15 is 0 Å². The third-order valence-electron chi connectivity index (χ3n) is 6.91. The van der Waals surface area contributed by atoms with Gasteiger partial charge in [0.05, 0.1) is 78.0 Å². The Balaban J connectivity index is 1.76. The Morgan fingerprint density at radius 1 is 1.38 bits per heavy atom. The van der Waals surface area contributed by atoms with E-state index in [-0.39, 0.29) is 31.6 Å². The molecule has 12 heteroatoms. The van der Waals surface area contributed by atoms with Gasteiger partial charge in [0.2, 0.25) is 17.7 Å². The van der Waals surface area contributed by atoms with E-state index < -0.39 is 6.10 Å². The quantitative estimate of drug-likeness (QED) is 0.364. The summed E-state index contributed by atoms with van der Waals surface area (Å²) in [5.74, 6) is 0.697. The molecule has 4 aromatic rings. The zero-order valence-corrected chi connectivity index (χ0v) is 23.4. The summed E-state index contributed by atoms with van der Waals surface area (Å²) in [5.41, 5.74) is 5.12. The monoisotopic (exact) mass is 546 g/mol. The van der Waals surface area contributed by atoms with Gasteiger partial charge >= 0.3 is 0 Å². The van der Waals surface area contributed by atoms with Crippen molar-refractivity contribution in [3.63, 3.8) is 0 Å². The van der Waals surface area contributed by atoms with Crippen molar-refractivity contribution in [2.24, 2.45) is 7.05 Å². The summed E-state index contributed by atoms with van der Waals surface area (Å²) in [6.07, 6.45) is 6.39. The van der Waals surface area contributed by atoms with Crippen molar-refractivity contribution in [2.75, 3.05) is 19.8 Å². The van der Waals surface area contributed by atoms with E-state index in [1.54, 1.807) is 20.5 Å². The fraction of sp³-hybridized carbons (Fsp3) is 0.393. The maximum atomic E-state index is 13.1. The number of aryl methyl sites for hydroxylation is 2. The molecule has 0 aromatic carbocycles. The van der Waals surface area contributed by atoms with Crippen LogP contribution < -0.4 is 9.47 Å². The Hall–Kier alpha value is -4.45. The van der Waals surface area contributed by atoms with Gasteiger partial charge in [-0.3, -0.25) is 19.6 Å². The predicted molar refractivity (Wildman–Crippen MR) is 151 cm³/mol. The number of aromatic amines is 1. The van der Waals surface area contributed by atoms with E-state index in [1.807, 2.05) is 53.0 Å². The summed E-state index contributed by atoms with van der Waals surface area (Å²) >= 11 is 0. The van der Waals surface area contributed by atoms with E-state index in [0.717, 1.165) is 22.2 Å². The number of ether oxygens (including phenoxy) is 2. The molecule has 2 bridgehead atoms. The predicted octanol–water partition coefficient (Wildman–Crippen LogP) is 3.28. The minimum Gasteiger partial charge on any atom is -0.476 e. The van der Waals surface area contributed by atoms with Gasteiger partial charge in [-0.2, -0.15) is 10.2 Å². The molecule has 0 saturated heterocycles. The average Bonchev–Trinajstić information content (AvgIpc) is 3.58. The van der Waals surface area contributed by atoms with Gasteiger partial charge in [0, 0.05) is 12.4 Å². The fourth-order valence-corrected chi connectivity index (χ4v) is 4.98. The summed E-state index contributed by atoms with van der Waals surface area (Å²) in [6.45, 7) is 12.0. The molecule has 0 spiro atoms. The molecule has 2 N–H and O–H groups in total. The zero-order chi connectivity index (χ0) is 28.6. The first-order chi connectivity index (χ1) is 19.2. The van der Waals surface area contributed by atoms with E-state index in [9.17, 15) is 9.90 Å². The number of nitrogens with one attached hydrogen (secondary N) is 1. The third-order valence-corrected chi connectivity index (χ3v) is 6.91. The van der Waals surface area contributed by atoms with Crippen LogP contribution in [-0.4, -0.2) is 76.5 Å². The second-order valence-corrected chi connectivity index (χ2v) is 9.87. The zero-order valence-electron chi connectivity index (χ0n) is 23.4. The highest BCUT2D eigenvalue weighted by atomic mass is 16.5. The molecule has 1 amide bonds. The molecule has 0 aliphatic carbocycles. The first-order valence-corrected chi connectivity index (χ1v) is 13.2. The molecule has 5 rings (SSSR count). The van der Waals surface area contributed by atoms with Crippen LogP contribution in [-0.2, 0) is 18.4 Å². The van der Waals surface area contributed by atoms with Crippen LogP contribution in [0.1, 0.15) is 49.5 Å². The number of carbonyl (C=O) groups excluding carboxylic acids is 1. The molecule has 0 saturated carbocycles. The average molecular weight is 547 g/mol. The van der Waals surface area contributed by atoms with Crippen molar-refractivity contribution < 1.29 is 19.4 Å². The highest BCUT2D eigenvalue weighted by Gasteiger charge is 2.27. The normalized spacial score (nSPS) is 16.9. The van der Waals surface area contributed by atoms with Gasteiger partial charge in [-0.05, 0) is 52.0 Å². The second kappa shape index (κ2) is 11.0. The molecule has 1 aliphatic heterocycles. The lowest BCUT2D eigenvalue weighted by atomic mass is 10.1. The Kier molecular flexibility index (Phi) is 7.44. The van der Waals surface area contributed by atoms with E-state index in [1.165, 1.54) is 6.08 Å². The van der Waals surface area contributed by atoms with E-state index in [0.29, 0.717) is 41.0 Å². The largest absolute Gasteiger partial charge is 0.476 e. The Bertz CT molecular complexity index is 1600. The van der Waals surface area contributed by atoms with Crippen LogP contribution in [0, 0.1) is 6.92 Å². The highest BCUT2D eigenvalue weighted by molar-refractivity contribution is 5.92. The molecule has 0 unspecified atom stereocenters. The lowest BCUT2D eigenvalue weighted by Gasteiger charge is -2.27. The molecule has 4 aromatic heterocycles. The molecule has 12 nitrogen and oxygen atoms in total. The van der Waals surface area contributed by atoms with Gasteiger partial charge in [-0.15, -0.1) is 5.10 Å². The molecule has 40 heavy (non-hydrogen) atoms. The van der Waals surface area contributed by atoms with E-state index in [2.05, 4.69) is 32.0 Å². The summed E-state index contributed by atoms with van der Waals surface area (Å²) in [4.78, 5) is 19.4. The van der Waals surface area contributed by atoms with Crippen LogP contribution in [0.2, 0.25) is 0 Å². The van der Waals surface area contributed by atoms with Crippen LogP contribution in [0.15, 0.2) is 24.9 Å². The molecule has 210 valence electrons. The maximum Gasteiger partial charge on any atom is 0.246 e. The molecule has 2 atom stereocenters. The Morgan fingerprint density at radius 2 is 2.17 bits per heavy atom. The number of aliphatic hydroxyl groups is 1. The van der Waals surface area contributed by atoms with E-state index in [4.69, 9.17) is 9.47 Å². The van der Waals surface area contributed by atoms with Crippen LogP contribution in [0.25, 0.3) is 34.3 Å². The van der Waals surface area contributed by atoms with Crippen LogP contribution >= 0.6 is 0 Å². The molecule has 5 heterocycles. The first-order valence-electron chi connectivity index (χ1n) is 13.2. The van der Waals surface area contributed by atoms with Gasteiger partial charge in [0.1, 0.15) is 6.10 Å². The number of H-pyrrole nitrogens is 1. The number of hydrogen-bond acceptors (Lipinski definition) is 8. The van der Waals surface area contributed by atoms with Gasteiger partial charge in [-0.25, -0.2) is 4.68 Å². The summed E-state index contributed by atoms with van der Waals surface area (Å²) in [5, 5.41) is 27.7. The van der Waals surface area contributed by atoms with Gasteiger partial charge < -0.3 is 19.5 Å². The van der Waals surface area contributed by atoms with Crippen molar-refractivity contribution in [3.05, 3.63) is 47.6 Å². The van der Waals surface area contributed by atoms with Gasteiger partial charge in [0.25, 0.3) is 0 Å². The minimum atomic E-state index is -0.409. The number of aromatic nitrogens is 7. The van der Waals surface area contributed by atoms with Gasteiger partial charge in [-0.1, -0.05) is 6.58 Å². The number of hydrogen-bond donors (Lipinski definition) is 2. The number of aliphatic hydroxyl groups excluding tert-OH is 1. The number of nitrogens with zero attached hydrogens (tertiary/aromatic N) is 7. The SMILES string of the molecule is C=CC(=O)N1Cc2c(c(OCC)nn2[C@@H](C)CO)/C=C/c2n[nH]c3cnc(cc23)-c2c(C)nn(C)c2O[C@@H](C)C1. The number of rotatable bonds is 5. The molecular formula is C28H34N8O4. The van der Waals surface area contributed by atoms with Crippen LogP contribution in [0.3, 0.4) is 0 Å². The molecule has 0 radical (unpaired) electrons. The minimum absolute atomic E-state index is 0.138. The number of pyridine rings is 1. The van der Waals surface area contributed by atoms with Crippen molar-refractivity contribution in [2.45, 2.75) is 46.4 Å². The van der Waals surface area contributed by atoms with Crippen LogP contribution in [0.4, 0.5) is 0 Å². The summed E-state index contributed by atoms with van der Waals surface area (Å²) in [7, 11) is 1.82. The standard InChI is InChI=1S/C28H34N8O4/c1-7-25(38)35-13-17(4)40-28-26(18(5)32-34(28)6)22-11-20-21(30-31-23(20)12-29-22)10-9-19-24(14-35)36(16(3)15-37)33-27(19)39-8-2/h7,9-12,16-17,37H,1,8,13-15H2,2-6H3,(H,30,31)/b10-9+/t16-,17-/m0/s1. The number of carbonyl (C=O) groups is 1. The summed E-state index contributed by atoms with van der Waals surface area (Å²) in [6, 6.07) is 1.61. The topological polar surface area (TPSA) is 136 Å². The number of fused-ring (bicyclic) bond motifs is 4. The van der Waals surface area contributed by atoms with Crippen molar-refractivity contribution in [1.82, 2.24) is 39.6 Å². The third kappa shape index (κ3) is 4.86. The number of amides is 1. The summed E-state index contributed by atoms with van der Waals surface area (Å²) < 4.78 is 15.7. The van der Waals surface area contributed by atoms with Crippen LogP contribution in [0.5, 0.6) is 11.8 Å². The molecule has 0 fully saturated rings. The van der Waals surface area contributed by atoms with Crippen molar-refractivity contribution >= 4 is 29.0 Å². The highest BCUT2D eigenvalue weighted by Crippen LogP contribution is 2.35. The molecular weight excluding hydrogens is 512 g/mol. The lowest BCUT2D eigenvalue weighted by molar-refractivity contribution is -0.127. The smallest absolute Gasteiger partial charge is 0.246 e. The van der Waals surface area contributed by atoms with Crippen molar-refractivity contribution in [3.8, 4) is 23.0 Å². The lowest BCUT2D eigenvalue weighted by Crippen LogP contribution is -2.38. The Morgan fingerprint density at radius 3 is 2.90 bits per heavy atom. The first kappa shape index (κ1) is 27.1. The Labute approximate surface area is 231 Å². The maximum absolute atomic E-state index is 13.1. The fourth-order valence-electron chi connectivity index (χ4n) is 4.98. The molecule has 1 aliphatic rings.